The first-order valence-electron chi connectivity index (χ1n) is 6.18. The minimum atomic E-state index is -2.96. The van der Waals surface area contributed by atoms with Crippen LogP contribution in [0.2, 0.25) is 0 Å². The maximum atomic E-state index is 11.5. The Labute approximate surface area is 125 Å². The van der Waals surface area contributed by atoms with Gasteiger partial charge in [-0.2, -0.15) is 0 Å². The Hall–Kier alpha value is -0.990. The normalized spacial score (nSPS) is 22.6. The number of halogens is 1. The van der Waals surface area contributed by atoms with Crippen molar-refractivity contribution in [3.8, 4) is 0 Å². The van der Waals surface area contributed by atoms with Crippen LogP contribution in [-0.4, -0.2) is 30.9 Å². The number of nitrogens with two attached hydrogens (primary N) is 1. The molecule has 1 aliphatic rings. The zero-order chi connectivity index (χ0) is 14.9. The van der Waals surface area contributed by atoms with Gasteiger partial charge in [0.15, 0.2) is 9.84 Å². The van der Waals surface area contributed by atoms with E-state index in [0.717, 1.165) is 5.56 Å². The first-order valence-corrected chi connectivity index (χ1v) is 8.79. The maximum absolute atomic E-state index is 11.5. The molecule has 1 aliphatic heterocycles. The molecule has 6 nitrogen and oxygen atoms in total. The zero-order valence-electron chi connectivity index (χ0n) is 10.7. The Bertz CT molecular complexity index is 632. The summed E-state index contributed by atoms with van der Waals surface area (Å²) in [5.41, 5.74) is 6.80. The lowest BCUT2D eigenvalue weighted by molar-refractivity contribution is -0.385. The van der Waals surface area contributed by atoms with Gasteiger partial charge < -0.3 is 5.73 Å². The largest absolute Gasteiger partial charge is 0.327 e. The van der Waals surface area contributed by atoms with E-state index in [2.05, 4.69) is 15.9 Å². The molecule has 0 spiro atoms. The number of sulfone groups is 1. The highest BCUT2D eigenvalue weighted by molar-refractivity contribution is 9.10. The Morgan fingerprint density at radius 1 is 1.50 bits per heavy atom. The van der Waals surface area contributed by atoms with Crippen LogP contribution < -0.4 is 5.73 Å². The summed E-state index contributed by atoms with van der Waals surface area (Å²) in [5.74, 6) is 0.216. The Morgan fingerprint density at radius 3 is 2.75 bits per heavy atom. The van der Waals surface area contributed by atoms with Crippen molar-refractivity contribution < 1.29 is 13.3 Å². The van der Waals surface area contributed by atoms with Crippen molar-refractivity contribution >= 4 is 31.5 Å². The summed E-state index contributed by atoms with van der Waals surface area (Å²) in [5, 5.41) is 10.9. The van der Waals surface area contributed by atoms with Gasteiger partial charge in [-0.3, -0.25) is 10.1 Å². The van der Waals surface area contributed by atoms with E-state index >= 15 is 0 Å². The summed E-state index contributed by atoms with van der Waals surface area (Å²) in [7, 11) is -2.96. The molecule has 1 heterocycles. The molecule has 0 aliphatic carbocycles. The number of nitrogens with zero attached hydrogens (tertiary/aromatic N) is 1. The van der Waals surface area contributed by atoms with Crippen molar-refractivity contribution in [2.45, 2.75) is 18.9 Å². The fraction of sp³-hybridized carbons (Fsp3) is 0.500. The smallest absolute Gasteiger partial charge is 0.283 e. The van der Waals surface area contributed by atoms with E-state index in [1.54, 1.807) is 12.1 Å². The second-order valence-electron chi connectivity index (χ2n) is 5.04. The summed E-state index contributed by atoms with van der Waals surface area (Å²) >= 11 is 3.23. The average Bonchev–Trinajstić information content (AvgIpc) is 2.72. The van der Waals surface area contributed by atoms with Crippen molar-refractivity contribution in [3.05, 3.63) is 38.3 Å². The van der Waals surface area contributed by atoms with Gasteiger partial charge >= 0.3 is 0 Å². The monoisotopic (exact) mass is 362 g/mol. The van der Waals surface area contributed by atoms with Gasteiger partial charge in [0, 0.05) is 12.1 Å². The van der Waals surface area contributed by atoms with Crippen LogP contribution in [-0.2, 0) is 16.3 Å². The third-order valence-corrected chi connectivity index (χ3v) is 6.29. The molecule has 2 rings (SSSR count). The molecule has 2 atom stereocenters. The van der Waals surface area contributed by atoms with E-state index in [1.165, 1.54) is 6.07 Å². The van der Waals surface area contributed by atoms with Gasteiger partial charge in [-0.1, -0.05) is 12.1 Å². The molecule has 2 N–H and O–H groups in total. The highest BCUT2D eigenvalue weighted by Crippen LogP contribution is 2.30. The molecule has 1 aromatic rings. The minimum absolute atomic E-state index is 0.00579. The van der Waals surface area contributed by atoms with E-state index in [0.29, 0.717) is 17.3 Å². The number of nitro benzene ring substituents is 1. The van der Waals surface area contributed by atoms with Crippen LogP contribution in [0, 0.1) is 16.0 Å². The molecule has 0 radical (unpaired) electrons. The lowest BCUT2D eigenvalue weighted by Crippen LogP contribution is -2.33. The van der Waals surface area contributed by atoms with Crippen molar-refractivity contribution in [3.63, 3.8) is 0 Å². The predicted molar refractivity (Wildman–Crippen MR) is 79.2 cm³/mol. The van der Waals surface area contributed by atoms with Gasteiger partial charge in [0.1, 0.15) is 0 Å². The Balaban J connectivity index is 2.14. The second kappa shape index (κ2) is 5.79. The highest BCUT2D eigenvalue weighted by atomic mass is 79.9. The Morgan fingerprint density at radius 2 is 2.20 bits per heavy atom. The summed E-state index contributed by atoms with van der Waals surface area (Å²) in [6.45, 7) is 0. The third kappa shape index (κ3) is 3.36. The molecule has 1 saturated heterocycles. The number of rotatable bonds is 4. The molecule has 1 aromatic carbocycles. The molecule has 8 heteroatoms. The number of nitro groups is 1. The summed E-state index contributed by atoms with van der Waals surface area (Å²) in [6, 6.07) is 4.47. The molecule has 0 aromatic heterocycles. The van der Waals surface area contributed by atoms with Crippen molar-refractivity contribution in [2.24, 2.45) is 11.7 Å². The van der Waals surface area contributed by atoms with Gasteiger partial charge in [-0.05, 0) is 40.3 Å². The number of hydrogen-bond acceptors (Lipinski definition) is 5. The van der Waals surface area contributed by atoms with Gasteiger partial charge in [-0.25, -0.2) is 8.42 Å². The molecule has 0 bridgehead atoms. The number of benzene rings is 1. The summed E-state index contributed by atoms with van der Waals surface area (Å²) < 4.78 is 23.3. The van der Waals surface area contributed by atoms with E-state index < -0.39 is 14.8 Å². The van der Waals surface area contributed by atoms with E-state index in [4.69, 9.17) is 5.73 Å². The standard InChI is InChI=1S/C12H15BrN2O4S/c13-12-8(2-1-3-11(12)15(16)17)6-10(14)9-4-5-20(18,19)7-9/h1-3,9-10H,4-7,14H2. The lowest BCUT2D eigenvalue weighted by Gasteiger charge is -2.18. The zero-order valence-corrected chi connectivity index (χ0v) is 13.1. The molecule has 0 saturated carbocycles. The van der Waals surface area contributed by atoms with Crippen LogP contribution in [0.15, 0.2) is 22.7 Å². The first kappa shape index (κ1) is 15.4. The van der Waals surface area contributed by atoms with Gasteiger partial charge in [0.05, 0.1) is 20.9 Å². The maximum Gasteiger partial charge on any atom is 0.283 e. The third-order valence-electron chi connectivity index (χ3n) is 3.58. The van der Waals surface area contributed by atoms with Crippen LogP contribution in [0.3, 0.4) is 0 Å². The van der Waals surface area contributed by atoms with E-state index in [-0.39, 0.29) is 29.2 Å². The molecular formula is C12H15BrN2O4S. The van der Waals surface area contributed by atoms with Gasteiger partial charge in [0.2, 0.25) is 0 Å². The first-order chi connectivity index (χ1) is 9.30. The average molecular weight is 363 g/mol. The minimum Gasteiger partial charge on any atom is -0.327 e. The molecule has 2 unspecified atom stereocenters. The van der Waals surface area contributed by atoms with E-state index in [9.17, 15) is 18.5 Å². The number of hydrogen-bond donors (Lipinski definition) is 1. The fourth-order valence-electron chi connectivity index (χ4n) is 2.45. The van der Waals surface area contributed by atoms with Crippen LogP contribution in [0.25, 0.3) is 0 Å². The van der Waals surface area contributed by atoms with Crippen molar-refractivity contribution in [2.75, 3.05) is 11.5 Å². The van der Waals surface area contributed by atoms with Crippen molar-refractivity contribution in [1.82, 2.24) is 0 Å². The van der Waals surface area contributed by atoms with Gasteiger partial charge in [-0.15, -0.1) is 0 Å². The van der Waals surface area contributed by atoms with Crippen molar-refractivity contribution in [1.29, 1.82) is 0 Å². The topological polar surface area (TPSA) is 103 Å². The highest BCUT2D eigenvalue weighted by Gasteiger charge is 2.32. The predicted octanol–water partition coefficient (Wildman–Crippen LogP) is 1.66. The van der Waals surface area contributed by atoms with Gasteiger partial charge in [0.25, 0.3) is 5.69 Å². The summed E-state index contributed by atoms with van der Waals surface area (Å²) in [6.07, 6.45) is 0.985. The van der Waals surface area contributed by atoms with Crippen LogP contribution in [0.4, 0.5) is 5.69 Å². The molecule has 0 amide bonds. The van der Waals surface area contributed by atoms with Crippen LogP contribution >= 0.6 is 15.9 Å². The Kier molecular flexibility index (Phi) is 4.46. The lowest BCUT2D eigenvalue weighted by atomic mass is 9.94. The van der Waals surface area contributed by atoms with Crippen LogP contribution in [0.5, 0.6) is 0 Å². The second-order valence-corrected chi connectivity index (χ2v) is 8.06. The molecule has 1 fully saturated rings. The SMILES string of the molecule is NC(Cc1cccc([N+](=O)[O-])c1Br)C1CCS(=O)(=O)C1. The molecular weight excluding hydrogens is 348 g/mol. The fourth-order valence-corrected chi connectivity index (χ4v) is 4.91. The summed E-state index contributed by atoms with van der Waals surface area (Å²) in [4.78, 5) is 10.4. The van der Waals surface area contributed by atoms with Crippen LogP contribution in [0.1, 0.15) is 12.0 Å². The quantitative estimate of drug-likeness (QED) is 0.647. The molecule has 20 heavy (non-hydrogen) atoms. The molecule has 110 valence electrons. The van der Waals surface area contributed by atoms with E-state index in [1.807, 2.05) is 0 Å².